The molecule has 6 heteroatoms. The highest BCUT2D eigenvalue weighted by molar-refractivity contribution is 7.80. The van der Waals surface area contributed by atoms with Gasteiger partial charge in [0.2, 0.25) is 0 Å². The van der Waals surface area contributed by atoms with Gasteiger partial charge >= 0.3 is 6.18 Å². The summed E-state index contributed by atoms with van der Waals surface area (Å²) in [5.41, 5.74) is -0.700. The Hall–Kier alpha value is -1.30. The lowest BCUT2D eigenvalue weighted by Gasteiger charge is -2.29. The molecule has 2 bridgehead atoms. The second kappa shape index (κ2) is 6.30. The van der Waals surface area contributed by atoms with Gasteiger partial charge in [0.15, 0.2) is 5.11 Å². The molecule has 0 saturated heterocycles. The van der Waals surface area contributed by atoms with E-state index in [9.17, 15) is 13.2 Å². The molecule has 2 aliphatic rings. The van der Waals surface area contributed by atoms with Crippen LogP contribution >= 0.6 is 12.2 Å². The van der Waals surface area contributed by atoms with Crippen molar-refractivity contribution in [1.29, 1.82) is 0 Å². The molecule has 0 radical (unpaired) electrons. The number of anilines is 1. The van der Waals surface area contributed by atoms with E-state index in [4.69, 9.17) is 12.2 Å². The molecule has 126 valence electrons. The summed E-state index contributed by atoms with van der Waals surface area (Å²) in [4.78, 5) is 0. The SMILES string of the molecule is C[C@@H](NC(=S)Nc1ccccc1C(F)(F)F)[C@H]1C[C@@H]2CC[C@H]1C2. The molecule has 2 N–H and O–H groups in total. The second-order valence-electron chi connectivity index (χ2n) is 6.77. The van der Waals surface area contributed by atoms with E-state index in [1.165, 1.54) is 37.8 Å². The first-order valence-electron chi connectivity index (χ1n) is 8.08. The molecule has 1 aromatic rings. The van der Waals surface area contributed by atoms with Crippen LogP contribution in [0.1, 0.15) is 38.2 Å². The number of rotatable bonds is 3. The van der Waals surface area contributed by atoms with Gasteiger partial charge in [0.25, 0.3) is 0 Å². The smallest absolute Gasteiger partial charge is 0.360 e. The quantitative estimate of drug-likeness (QED) is 0.771. The molecule has 3 rings (SSSR count). The first-order valence-corrected chi connectivity index (χ1v) is 8.49. The molecule has 0 heterocycles. The van der Waals surface area contributed by atoms with E-state index in [-0.39, 0.29) is 16.8 Å². The van der Waals surface area contributed by atoms with Gasteiger partial charge in [-0.15, -0.1) is 0 Å². The van der Waals surface area contributed by atoms with Crippen molar-refractivity contribution in [1.82, 2.24) is 5.32 Å². The van der Waals surface area contributed by atoms with Gasteiger partial charge < -0.3 is 10.6 Å². The minimum Gasteiger partial charge on any atom is -0.360 e. The summed E-state index contributed by atoms with van der Waals surface area (Å²) in [5, 5.41) is 6.16. The molecule has 1 aromatic carbocycles. The number of para-hydroxylation sites is 1. The van der Waals surface area contributed by atoms with Gasteiger partial charge in [-0.05, 0) is 68.3 Å². The Bertz CT molecular complexity index is 587. The topological polar surface area (TPSA) is 24.1 Å². The molecule has 2 saturated carbocycles. The van der Waals surface area contributed by atoms with Crippen molar-refractivity contribution < 1.29 is 13.2 Å². The zero-order chi connectivity index (χ0) is 16.6. The Balaban J connectivity index is 1.62. The molecule has 0 spiro atoms. The fraction of sp³-hybridized carbons (Fsp3) is 0.588. The zero-order valence-corrected chi connectivity index (χ0v) is 13.8. The summed E-state index contributed by atoms with van der Waals surface area (Å²) >= 11 is 5.23. The van der Waals surface area contributed by atoms with Gasteiger partial charge in [-0.2, -0.15) is 13.2 Å². The zero-order valence-electron chi connectivity index (χ0n) is 13.0. The molecular weight excluding hydrogens is 321 g/mol. The van der Waals surface area contributed by atoms with Crippen molar-refractivity contribution in [2.24, 2.45) is 17.8 Å². The number of fused-ring (bicyclic) bond motifs is 2. The van der Waals surface area contributed by atoms with E-state index in [2.05, 4.69) is 17.6 Å². The van der Waals surface area contributed by atoms with E-state index in [1.807, 2.05) is 0 Å². The number of thiocarbonyl (C=S) groups is 1. The number of hydrogen-bond acceptors (Lipinski definition) is 1. The minimum absolute atomic E-state index is 0.00218. The molecular formula is C17H21F3N2S. The summed E-state index contributed by atoms with van der Waals surface area (Å²) in [6.45, 7) is 2.08. The number of hydrogen-bond donors (Lipinski definition) is 2. The van der Waals surface area contributed by atoms with Crippen LogP contribution in [0.2, 0.25) is 0 Å². The highest BCUT2D eigenvalue weighted by Gasteiger charge is 2.42. The van der Waals surface area contributed by atoms with E-state index < -0.39 is 11.7 Å². The van der Waals surface area contributed by atoms with E-state index in [0.29, 0.717) is 5.92 Å². The summed E-state index contributed by atoms with van der Waals surface area (Å²) in [6, 6.07) is 5.59. The summed E-state index contributed by atoms with van der Waals surface area (Å²) in [7, 11) is 0. The summed E-state index contributed by atoms with van der Waals surface area (Å²) in [6.07, 6.45) is 0.720. The summed E-state index contributed by atoms with van der Waals surface area (Å²) < 4.78 is 39.0. The molecule has 23 heavy (non-hydrogen) atoms. The van der Waals surface area contributed by atoms with Gasteiger partial charge in [0, 0.05) is 6.04 Å². The fourth-order valence-electron chi connectivity index (χ4n) is 4.22. The lowest BCUT2D eigenvalue weighted by Crippen LogP contribution is -2.42. The average molecular weight is 342 g/mol. The fourth-order valence-corrected chi connectivity index (χ4v) is 4.51. The monoisotopic (exact) mass is 342 g/mol. The second-order valence-corrected chi connectivity index (χ2v) is 7.18. The van der Waals surface area contributed by atoms with Crippen LogP contribution in [-0.2, 0) is 6.18 Å². The highest BCUT2D eigenvalue weighted by Crippen LogP contribution is 2.49. The van der Waals surface area contributed by atoms with Gasteiger partial charge in [-0.3, -0.25) is 0 Å². The first kappa shape index (κ1) is 16.6. The Morgan fingerprint density at radius 1 is 1.22 bits per heavy atom. The number of nitrogens with one attached hydrogen (secondary N) is 2. The molecule has 0 amide bonds. The maximum absolute atomic E-state index is 13.0. The van der Waals surface area contributed by atoms with Crippen molar-refractivity contribution >= 4 is 23.0 Å². The van der Waals surface area contributed by atoms with Crippen molar-refractivity contribution in [3.63, 3.8) is 0 Å². The van der Waals surface area contributed by atoms with Crippen LogP contribution in [0.4, 0.5) is 18.9 Å². The largest absolute Gasteiger partial charge is 0.418 e. The van der Waals surface area contributed by atoms with Crippen molar-refractivity contribution in [2.45, 2.75) is 44.8 Å². The normalized spacial score (nSPS) is 27.7. The standard InChI is InChI=1S/C17H21F3N2S/c1-10(13-9-11-6-7-12(13)8-11)21-16(23)22-15-5-3-2-4-14(15)17(18,19)20/h2-5,10-13H,6-9H2,1H3,(H2,21,22,23)/t10-,11-,12+,13-/m1/s1. The Labute approximate surface area is 139 Å². The molecule has 0 aromatic heterocycles. The Morgan fingerprint density at radius 3 is 2.57 bits per heavy atom. The Kier molecular flexibility index (Phi) is 4.54. The molecule has 0 aliphatic heterocycles. The van der Waals surface area contributed by atoms with Gasteiger partial charge in [0.1, 0.15) is 0 Å². The van der Waals surface area contributed by atoms with Gasteiger partial charge in [-0.1, -0.05) is 18.6 Å². The number of alkyl halides is 3. The van der Waals surface area contributed by atoms with Crippen LogP contribution in [0.15, 0.2) is 24.3 Å². The number of halogens is 3. The summed E-state index contributed by atoms with van der Waals surface area (Å²) in [5.74, 6) is 2.15. The first-order chi connectivity index (χ1) is 10.8. The van der Waals surface area contributed by atoms with Crippen molar-refractivity contribution in [3.05, 3.63) is 29.8 Å². The van der Waals surface area contributed by atoms with Gasteiger partial charge in [0.05, 0.1) is 11.3 Å². The van der Waals surface area contributed by atoms with Crippen LogP contribution < -0.4 is 10.6 Å². The molecule has 2 nitrogen and oxygen atoms in total. The van der Waals surface area contributed by atoms with E-state index in [0.717, 1.165) is 17.9 Å². The third kappa shape index (κ3) is 3.62. The van der Waals surface area contributed by atoms with Crippen LogP contribution in [0.25, 0.3) is 0 Å². The van der Waals surface area contributed by atoms with Crippen LogP contribution in [0.3, 0.4) is 0 Å². The predicted molar refractivity (Wildman–Crippen MR) is 89.2 cm³/mol. The van der Waals surface area contributed by atoms with Crippen molar-refractivity contribution in [2.75, 3.05) is 5.32 Å². The lowest BCUT2D eigenvalue weighted by atomic mass is 9.84. The van der Waals surface area contributed by atoms with Crippen LogP contribution in [0.5, 0.6) is 0 Å². The number of benzene rings is 1. The van der Waals surface area contributed by atoms with Crippen LogP contribution in [0, 0.1) is 17.8 Å². The third-order valence-electron chi connectivity index (χ3n) is 5.27. The highest BCUT2D eigenvalue weighted by atomic mass is 32.1. The van der Waals surface area contributed by atoms with E-state index >= 15 is 0 Å². The minimum atomic E-state index is -4.39. The third-order valence-corrected chi connectivity index (χ3v) is 5.49. The van der Waals surface area contributed by atoms with Gasteiger partial charge in [-0.25, -0.2) is 0 Å². The predicted octanol–water partition coefficient (Wildman–Crippen LogP) is 4.82. The Morgan fingerprint density at radius 2 is 1.96 bits per heavy atom. The molecule has 2 fully saturated rings. The molecule has 2 aliphatic carbocycles. The molecule has 0 unspecified atom stereocenters. The van der Waals surface area contributed by atoms with Crippen LogP contribution in [-0.4, -0.2) is 11.2 Å². The molecule has 4 atom stereocenters. The lowest BCUT2D eigenvalue weighted by molar-refractivity contribution is -0.136. The van der Waals surface area contributed by atoms with Crippen molar-refractivity contribution in [3.8, 4) is 0 Å². The maximum atomic E-state index is 13.0. The van der Waals surface area contributed by atoms with E-state index in [1.54, 1.807) is 6.07 Å². The average Bonchev–Trinajstić information content (AvgIpc) is 3.09. The maximum Gasteiger partial charge on any atom is 0.418 e.